The largest absolute Gasteiger partial charge is 0.507 e. The van der Waals surface area contributed by atoms with Crippen molar-refractivity contribution in [1.82, 2.24) is 0 Å². The van der Waals surface area contributed by atoms with Gasteiger partial charge >= 0.3 is 11.9 Å². The topological polar surface area (TPSA) is 72.8 Å². The number of hydrogen-bond donors (Lipinski definition) is 1. The Morgan fingerprint density at radius 3 is 2.09 bits per heavy atom. The molecule has 0 atom stereocenters. The van der Waals surface area contributed by atoms with Crippen LogP contribution >= 0.6 is 0 Å². The van der Waals surface area contributed by atoms with Crippen LogP contribution in [0.2, 0.25) is 0 Å². The van der Waals surface area contributed by atoms with Crippen molar-refractivity contribution in [2.24, 2.45) is 0 Å². The highest BCUT2D eigenvalue weighted by molar-refractivity contribution is 5.94. The first-order valence-electron chi connectivity index (χ1n) is 7.10. The van der Waals surface area contributed by atoms with Gasteiger partial charge in [-0.15, -0.1) is 0 Å². The predicted molar refractivity (Wildman–Crippen MR) is 84.7 cm³/mol. The number of esters is 2. The summed E-state index contributed by atoms with van der Waals surface area (Å²) < 4.78 is 10.4. The maximum Gasteiger partial charge on any atom is 0.347 e. The van der Waals surface area contributed by atoms with Gasteiger partial charge in [0.25, 0.3) is 0 Å². The molecule has 0 bridgehead atoms. The van der Waals surface area contributed by atoms with Crippen molar-refractivity contribution in [1.29, 1.82) is 0 Å². The van der Waals surface area contributed by atoms with Crippen LogP contribution in [0, 0.1) is 0 Å². The smallest absolute Gasteiger partial charge is 0.347 e. The van der Waals surface area contributed by atoms with Gasteiger partial charge in [0, 0.05) is 0 Å². The maximum atomic E-state index is 12.0. The highest BCUT2D eigenvalue weighted by Crippen LogP contribution is 2.20. The first kappa shape index (κ1) is 16.5. The van der Waals surface area contributed by atoms with Gasteiger partial charge in [0.15, 0.2) is 0 Å². The normalized spacial score (nSPS) is 10.9. The number of hydrogen-bond acceptors (Lipinski definition) is 5. The molecule has 0 aliphatic heterocycles. The van der Waals surface area contributed by atoms with E-state index in [2.05, 4.69) is 0 Å². The summed E-state index contributed by atoms with van der Waals surface area (Å²) in [6.45, 7) is 5.36. The molecule has 1 N–H and O–H groups in total. The average molecular weight is 314 g/mol. The molecule has 2 aromatic carbocycles. The molecule has 0 heterocycles. The Balaban J connectivity index is 2.07. The molecule has 0 radical (unpaired) electrons. The lowest BCUT2D eigenvalue weighted by Gasteiger charge is -2.19. The molecule has 0 saturated carbocycles. The Morgan fingerprint density at radius 1 is 0.913 bits per heavy atom. The number of carbonyl (C=O) groups excluding carboxylic acids is 2. The van der Waals surface area contributed by atoms with Crippen LogP contribution in [-0.4, -0.2) is 22.6 Å². The van der Waals surface area contributed by atoms with Crippen LogP contribution in [-0.2, 0) is 4.74 Å². The zero-order chi connectivity index (χ0) is 17.0. The van der Waals surface area contributed by atoms with Crippen molar-refractivity contribution in [3.8, 4) is 11.5 Å². The van der Waals surface area contributed by atoms with E-state index in [1.807, 2.05) is 0 Å². The van der Waals surface area contributed by atoms with Crippen LogP contribution < -0.4 is 4.74 Å². The summed E-state index contributed by atoms with van der Waals surface area (Å²) in [7, 11) is 0. The molecule has 0 fully saturated rings. The van der Waals surface area contributed by atoms with Gasteiger partial charge in [0.05, 0.1) is 5.56 Å². The average Bonchev–Trinajstić information content (AvgIpc) is 2.46. The van der Waals surface area contributed by atoms with Crippen LogP contribution in [0.1, 0.15) is 41.5 Å². The number of carbonyl (C=O) groups is 2. The zero-order valence-electron chi connectivity index (χ0n) is 13.2. The van der Waals surface area contributed by atoms with Gasteiger partial charge in [-0.1, -0.05) is 12.1 Å². The summed E-state index contributed by atoms with van der Waals surface area (Å²) >= 11 is 0. The molecule has 23 heavy (non-hydrogen) atoms. The van der Waals surface area contributed by atoms with Crippen molar-refractivity contribution in [2.75, 3.05) is 0 Å². The van der Waals surface area contributed by atoms with Crippen LogP contribution in [0.25, 0.3) is 0 Å². The Bertz CT molecular complexity index is 711. The number of ether oxygens (including phenoxy) is 2. The fourth-order valence-corrected chi connectivity index (χ4v) is 1.80. The highest BCUT2D eigenvalue weighted by Gasteiger charge is 2.18. The molecule has 0 amide bonds. The van der Waals surface area contributed by atoms with Crippen molar-refractivity contribution < 1.29 is 24.2 Å². The first-order valence-corrected chi connectivity index (χ1v) is 7.10. The summed E-state index contributed by atoms with van der Waals surface area (Å²) in [5, 5.41) is 9.62. The number of phenols is 1. The lowest BCUT2D eigenvalue weighted by molar-refractivity contribution is 0.00695. The third-order valence-electron chi connectivity index (χ3n) is 2.82. The molecule has 0 aromatic heterocycles. The summed E-state index contributed by atoms with van der Waals surface area (Å²) in [5.74, 6) is -1.00. The molecular formula is C18H18O5. The highest BCUT2D eigenvalue weighted by atomic mass is 16.6. The van der Waals surface area contributed by atoms with E-state index in [9.17, 15) is 14.7 Å². The minimum absolute atomic E-state index is 0.0729. The van der Waals surface area contributed by atoms with Gasteiger partial charge in [-0.3, -0.25) is 0 Å². The second-order valence-electron chi connectivity index (χ2n) is 5.93. The number of phenolic OH excluding ortho intramolecular Hbond substituents is 1. The maximum absolute atomic E-state index is 12.0. The number of benzene rings is 2. The molecule has 2 rings (SSSR count). The molecule has 5 nitrogen and oxygen atoms in total. The van der Waals surface area contributed by atoms with Crippen LogP contribution in [0.3, 0.4) is 0 Å². The molecule has 0 aliphatic rings. The lowest BCUT2D eigenvalue weighted by Crippen LogP contribution is -2.23. The van der Waals surface area contributed by atoms with E-state index in [0.717, 1.165) is 0 Å². The second kappa shape index (κ2) is 6.52. The summed E-state index contributed by atoms with van der Waals surface area (Å²) in [5.41, 5.74) is -0.140. The van der Waals surface area contributed by atoms with Gasteiger partial charge in [-0.05, 0) is 57.2 Å². The molecule has 0 saturated heterocycles. The van der Waals surface area contributed by atoms with E-state index >= 15 is 0 Å². The Hall–Kier alpha value is -2.82. The van der Waals surface area contributed by atoms with E-state index in [-0.39, 0.29) is 17.1 Å². The molecule has 0 spiro atoms. The van der Waals surface area contributed by atoms with E-state index in [0.29, 0.717) is 5.56 Å². The summed E-state index contributed by atoms with van der Waals surface area (Å²) in [6.07, 6.45) is 0. The molecule has 120 valence electrons. The Labute approximate surface area is 134 Å². The fraction of sp³-hybridized carbons (Fsp3) is 0.222. The standard InChI is InChI=1S/C18H18O5/c1-18(2,3)23-16(20)12-8-10-13(11-9-12)22-17(21)14-6-4-5-7-15(14)19/h4-11,19H,1-3H3. The van der Waals surface area contributed by atoms with Crippen molar-refractivity contribution >= 4 is 11.9 Å². The van der Waals surface area contributed by atoms with E-state index in [1.165, 1.54) is 36.4 Å². The van der Waals surface area contributed by atoms with Gasteiger partial charge < -0.3 is 14.6 Å². The minimum atomic E-state index is -0.673. The minimum Gasteiger partial charge on any atom is -0.507 e. The monoisotopic (exact) mass is 314 g/mol. The number of para-hydroxylation sites is 1. The molecule has 5 heteroatoms. The Kier molecular flexibility index (Phi) is 4.69. The fourth-order valence-electron chi connectivity index (χ4n) is 1.80. The molecular weight excluding hydrogens is 296 g/mol. The predicted octanol–water partition coefficient (Wildman–Crippen LogP) is 3.57. The van der Waals surface area contributed by atoms with Gasteiger partial charge in [0.1, 0.15) is 22.7 Å². The third-order valence-corrected chi connectivity index (χ3v) is 2.82. The van der Waals surface area contributed by atoms with E-state index < -0.39 is 17.5 Å². The number of rotatable bonds is 3. The van der Waals surface area contributed by atoms with Crippen LogP contribution in [0.4, 0.5) is 0 Å². The van der Waals surface area contributed by atoms with Crippen molar-refractivity contribution in [3.05, 3.63) is 59.7 Å². The Morgan fingerprint density at radius 2 is 1.52 bits per heavy atom. The lowest BCUT2D eigenvalue weighted by atomic mass is 10.1. The van der Waals surface area contributed by atoms with E-state index in [1.54, 1.807) is 32.9 Å². The van der Waals surface area contributed by atoms with Crippen molar-refractivity contribution in [3.63, 3.8) is 0 Å². The summed E-state index contributed by atoms with van der Waals surface area (Å²) in [4.78, 5) is 23.9. The quantitative estimate of drug-likeness (QED) is 0.692. The number of aromatic hydroxyl groups is 1. The molecule has 0 unspecified atom stereocenters. The molecule has 0 aliphatic carbocycles. The third kappa shape index (κ3) is 4.57. The van der Waals surface area contributed by atoms with Crippen molar-refractivity contribution in [2.45, 2.75) is 26.4 Å². The van der Waals surface area contributed by atoms with Crippen LogP contribution in [0.15, 0.2) is 48.5 Å². The van der Waals surface area contributed by atoms with Gasteiger partial charge in [-0.25, -0.2) is 9.59 Å². The first-order chi connectivity index (χ1) is 10.8. The van der Waals surface area contributed by atoms with Crippen LogP contribution in [0.5, 0.6) is 11.5 Å². The SMILES string of the molecule is CC(C)(C)OC(=O)c1ccc(OC(=O)c2ccccc2O)cc1. The molecule has 2 aromatic rings. The second-order valence-corrected chi connectivity index (χ2v) is 5.93. The van der Waals surface area contributed by atoms with Gasteiger partial charge in [0.2, 0.25) is 0 Å². The van der Waals surface area contributed by atoms with Gasteiger partial charge in [-0.2, -0.15) is 0 Å². The zero-order valence-corrected chi connectivity index (χ0v) is 13.2. The summed E-state index contributed by atoms with van der Waals surface area (Å²) in [6, 6.07) is 12.1. The van der Waals surface area contributed by atoms with E-state index in [4.69, 9.17) is 9.47 Å².